The number of aliphatic hydroxyl groups excluding tert-OH is 2. The fourth-order valence-corrected chi connectivity index (χ4v) is 4.24. The van der Waals surface area contributed by atoms with E-state index in [1.54, 1.807) is 24.5 Å². The van der Waals surface area contributed by atoms with Crippen molar-refractivity contribution >= 4 is 11.5 Å². The molecule has 0 fully saturated rings. The maximum atomic E-state index is 10.7. The Morgan fingerprint density at radius 3 is 2.76 bits per heavy atom. The average Bonchev–Trinajstić information content (AvgIpc) is 3.13. The number of aryl methyl sites for hydroxylation is 2. The molecule has 1 atom stereocenters. The zero-order valence-corrected chi connectivity index (χ0v) is 20.1. The Balaban J connectivity index is 1.63. The Kier molecular flexibility index (Phi) is 6.95. The molecule has 4 rings (SSSR count). The monoisotopic (exact) mass is 464 g/mol. The van der Waals surface area contributed by atoms with Crippen LogP contribution in [-0.2, 0) is 11.8 Å². The number of aromatic nitrogens is 4. The number of pyridine rings is 2. The molecule has 0 spiro atoms. The highest BCUT2D eigenvalue weighted by Gasteiger charge is 2.36. The van der Waals surface area contributed by atoms with Crippen molar-refractivity contribution in [2.75, 3.05) is 37.0 Å². The molecule has 1 aliphatic rings. The van der Waals surface area contributed by atoms with Crippen molar-refractivity contribution < 1.29 is 14.9 Å². The molecule has 0 saturated heterocycles. The van der Waals surface area contributed by atoms with Gasteiger partial charge in [-0.25, -0.2) is 9.97 Å². The molecule has 3 N–H and O–H groups in total. The van der Waals surface area contributed by atoms with Crippen molar-refractivity contribution in [3.63, 3.8) is 0 Å². The minimum Gasteiger partial charge on any atom is -0.491 e. The van der Waals surface area contributed by atoms with E-state index >= 15 is 0 Å². The maximum Gasteiger partial charge on any atom is 0.180 e. The summed E-state index contributed by atoms with van der Waals surface area (Å²) in [5, 5.41) is 22.8. The first-order chi connectivity index (χ1) is 16.3. The summed E-state index contributed by atoms with van der Waals surface area (Å²) in [6.07, 6.45) is 4.37. The minimum atomic E-state index is -0.818. The first kappa shape index (κ1) is 23.8. The Bertz CT molecular complexity index is 1140. The van der Waals surface area contributed by atoms with Gasteiger partial charge in [0.25, 0.3) is 0 Å². The number of anilines is 2. The summed E-state index contributed by atoms with van der Waals surface area (Å²) < 4.78 is 5.53. The van der Waals surface area contributed by atoms with Crippen LogP contribution in [0.4, 0.5) is 11.5 Å². The van der Waals surface area contributed by atoms with Gasteiger partial charge < -0.3 is 25.2 Å². The van der Waals surface area contributed by atoms with Gasteiger partial charge in [-0.3, -0.25) is 9.97 Å². The fraction of sp³-hybridized carbons (Fsp3) is 0.440. The van der Waals surface area contributed by atoms with E-state index in [1.807, 2.05) is 31.0 Å². The Morgan fingerprint density at radius 1 is 1.21 bits per heavy atom. The second-order valence-electron chi connectivity index (χ2n) is 9.25. The van der Waals surface area contributed by atoms with E-state index in [2.05, 4.69) is 29.1 Å². The van der Waals surface area contributed by atoms with Crippen LogP contribution in [0.2, 0.25) is 0 Å². The smallest absolute Gasteiger partial charge is 0.180 e. The van der Waals surface area contributed by atoms with E-state index in [4.69, 9.17) is 19.8 Å². The number of hydrogen-bond donors (Lipinski definition) is 3. The number of likely N-dealkylation sites (N-methyl/N-ethyl adjacent to an activating group) is 1. The second-order valence-corrected chi connectivity index (χ2v) is 9.25. The second kappa shape index (κ2) is 9.90. The normalized spacial score (nSPS) is 15.0. The number of fused-ring (bicyclic) bond motifs is 1. The van der Waals surface area contributed by atoms with Gasteiger partial charge in [-0.15, -0.1) is 0 Å². The summed E-state index contributed by atoms with van der Waals surface area (Å²) in [4.78, 5) is 20.4. The number of rotatable bonds is 9. The van der Waals surface area contributed by atoms with Gasteiger partial charge in [-0.05, 0) is 43.4 Å². The third-order valence-corrected chi connectivity index (χ3v) is 6.00. The van der Waals surface area contributed by atoms with Gasteiger partial charge in [-0.2, -0.15) is 0 Å². The molecule has 0 aliphatic heterocycles. The largest absolute Gasteiger partial charge is 0.491 e. The van der Waals surface area contributed by atoms with E-state index in [0.717, 1.165) is 41.3 Å². The molecule has 0 bridgehead atoms. The molecule has 9 nitrogen and oxygen atoms in total. The Hall–Kier alpha value is -3.30. The summed E-state index contributed by atoms with van der Waals surface area (Å²) in [6, 6.07) is 7.32. The van der Waals surface area contributed by atoms with Gasteiger partial charge in [0.2, 0.25) is 0 Å². The third-order valence-electron chi connectivity index (χ3n) is 6.00. The molecular weight excluding hydrogens is 432 g/mol. The van der Waals surface area contributed by atoms with Crippen LogP contribution in [0.5, 0.6) is 5.75 Å². The van der Waals surface area contributed by atoms with Crippen LogP contribution in [0, 0.1) is 6.92 Å². The van der Waals surface area contributed by atoms with E-state index in [1.165, 1.54) is 0 Å². The molecule has 0 radical (unpaired) electrons. The van der Waals surface area contributed by atoms with Crippen LogP contribution < -0.4 is 15.0 Å². The van der Waals surface area contributed by atoms with Gasteiger partial charge in [0.05, 0.1) is 30.7 Å². The van der Waals surface area contributed by atoms with E-state index in [-0.39, 0.29) is 18.6 Å². The molecule has 3 aromatic rings. The van der Waals surface area contributed by atoms with Crippen LogP contribution in [0.3, 0.4) is 0 Å². The SMILES string of the molecule is Cc1ccc(NC(O)CN(C)c2nc(-c3cc(OCCO)ccn3)nc3c2C(C)(C)CC3)cn1. The molecule has 3 heterocycles. The van der Waals surface area contributed by atoms with Crippen LogP contribution >= 0.6 is 0 Å². The van der Waals surface area contributed by atoms with E-state index < -0.39 is 6.23 Å². The zero-order chi connectivity index (χ0) is 24.3. The van der Waals surface area contributed by atoms with Gasteiger partial charge >= 0.3 is 0 Å². The van der Waals surface area contributed by atoms with Crippen LogP contribution in [-0.4, -0.2) is 63.2 Å². The molecule has 3 aromatic heterocycles. The van der Waals surface area contributed by atoms with Crippen molar-refractivity contribution in [3.05, 3.63) is 53.6 Å². The van der Waals surface area contributed by atoms with Crippen molar-refractivity contribution in [2.45, 2.75) is 45.3 Å². The molecule has 180 valence electrons. The predicted octanol–water partition coefficient (Wildman–Crippen LogP) is 2.70. The first-order valence-corrected chi connectivity index (χ1v) is 11.5. The number of nitrogens with zero attached hydrogens (tertiary/aromatic N) is 5. The van der Waals surface area contributed by atoms with Crippen molar-refractivity contribution in [2.24, 2.45) is 0 Å². The molecule has 9 heteroatoms. The highest BCUT2D eigenvalue weighted by atomic mass is 16.5. The number of hydrogen-bond acceptors (Lipinski definition) is 9. The molecule has 34 heavy (non-hydrogen) atoms. The number of nitrogens with one attached hydrogen (secondary N) is 1. The van der Waals surface area contributed by atoms with E-state index in [9.17, 15) is 5.11 Å². The average molecular weight is 465 g/mol. The molecular formula is C25H32N6O3. The lowest BCUT2D eigenvalue weighted by Crippen LogP contribution is -2.36. The maximum absolute atomic E-state index is 10.7. The van der Waals surface area contributed by atoms with Gasteiger partial charge in [0, 0.05) is 30.6 Å². The lowest BCUT2D eigenvalue weighted by molar-refractivity contribution is 0.201. The van der Waals surface area contributed by atoms with Crippen LogP contribution in [0.25, 0.3) is 11.5 Å². The minimum absolute atomic E-state index is 0.0635. The summed E-state index contributed by atoms with van der Waals surface area (Å²) in [6.45, 7) is 6.79. The Labute approximate surface area is 199 Å². The molecule has 0 amide bonds. The van der Waals surface area contributed by atoms with Crippen LogP contribution in [0.15, 0.2) is 36.7 Å². The Morgan fingerprint density at radius 2 is 2.03 bits per heavy atom. The lowest BCUT2D eigenvalue weighted by atomic mass is 9.87. The zero-order valence-electron chi connectivity index (χ0n) is 20.1. The highest BCUT2D eigenvalue weighted by Crippen LogP contribution is 2.43. The van der Waals surface area contributed by atoms with Crippen LogP contribution in [0.1, 0.15) is 37.2 Å². The third kappa shape index (κ3) is 5.26. The number of ether oxygens (including phenoxy) is 1. The summed E-state index contributed by atoms with van der Waals surface area (Å²) >= 11 is 0. The van der Waals surface area contributed by atoms with Gasteiger partial charge in [0.1, 0.15) is 30.1 Å². The lowest BCUT2D eigenvalue weighted by Gasteiger charge is -2.29. The quantitative estimate of drug-likeness (QED) is 0.411. The van der Waals surface area contributed by atoms with Crippen molar-refractivity contribution in [1.29, 1.82) is 0 Å². The van der Waals surface area contributed by atoms with Gasteiger partial charge in [-0.1, -0.05) is 13.8 Å². The van der Waals surface area contributed by atoms with Gasteiger partial charge in [0.15, 0.2) is 5.82 Å². The van der Waals surface area contributed by atoms with Crippen molar-refractivity contribution in [1.82, 2.24) is 19.9 Å². The summed E-state index contributed by atoms with van der Waals surface area (Å²) in [5.41, 5.74) is 4.31. The predicted molar refractivity (Wildman–Crippen MR) is 131 cm³/mol. The fourth-order valence-electron chi connectivity index (χ4n) is 4.24. The first-order valence-electron chi connectivity index (χ1n) is 11.5. The molecule has 1 aliphatic carbocycles. The van der Waals surface area contributed by atoms with Crippen molar-refractivity contribution in [3.8, 4) is 17.3 Å². The summed E-state index contributed by atoms with van der Waals surface area (Å²) in [7, 11) is 1.92. The molecule has 0 aromatic carbocycles. The molecule has 1 unspecified atom stereocenters. The van der Waals surface area contributed by atoms with E-state index in [0.29, 0.717) is 23.8 Å². The topological polar surface area (TPSA) is 117 Å². The standard InChI is InChI=1S/C25H32N6O3/c1-16-5-6-17(14-27-16)28-21(33)15-31(4)24-22-19(7-9-25(22,2)3)29-23(30-24)20-13-18(8-10-26-20)34-12-11-32/h5-6,8,10,13-14,21,28,32-33H,7,9,11-12,15H2,1-4H3. The highest BCUT2D eigenvalue weighted by molar-refractivity contribution is 5.62. The molecule has 0 saturated carbocycles. The summed E-state index contributed by atoms with van der Waals surface area (Å²) in [5.74, 6) is 1.90. The number of aliphatic hydroxyl groups is 2.